The van der Waals surface area contributed by atoms with Crippen molar-refractivity contribution in [3.63, 3.8) is 0 Å². The van der Waals surface area contributed by atoms with Crippen LogP contribution in [-0.2, 0) is 10.2 Å². The Hall–Kier alpha value is -1.77. The smallest absolute Gasteiger partial charge is 0.247 e. The molecule has 1 saturated heterocycles. The molecule has 0 saturated carbocycles. The van der Waals surface area contributed by atoms with Crippen molar-refractivity contribution in [3.8, 4) is 11.3 Å². The summed E-state index contributed by atoms with van der Waals surface area (Å²) in [6, 6.07) is 9.84. The van der Waals surface area contributed by atoms with Gasteiger partial charge in [-0.25, -0.2) is 4.68 Å². The lowest BCUT2D eigenvalue weighted by atomic mass is 10.2. The SMILES string of the molecule is CN(C)S(=O)(=O)N1CC[C@H](n2cc(-c3ccccc3)nn2)C1. The van der Waals surface area contributed by atoms with E-state index >= 15 is 0 Å². The zero-order chi connectivity index (χ0) is 15.7. The largest absolute Gasteiger partial charge is 0.281 e. The first-order valence-corrected chi connectivity index (χ1v) is 8.53. The van der Waals surface area contributed by atoms with E-state index in [0.717, 1.165) is 17.7 Å². The summed E-state index contributed by atoms with van der Waals surface area (Å²) < 4.78 is 28.8. The molecule has 1 atom stereocenters. The lowest BCUT2D eigenvalue weighted by Crippen LogP contribution is -2.38. The van der Waals surface area contributed by atoms with Crippen LogP contribution >= 0.6 is 0 Å². The molecule has 0 unspecified atom stereocenters. The topological polar surface area (TPSA) is 71.3 Å². The maximum absolute atomic E-state index is 12.1. The van der Waals surface area contributed by atoms with Crippen LogP contribution in [0.25, 0.3) is 11.3 Å². The average Bonchev–Trinajstić information content (AvgIpc) is 3.17. The van der Waals surface area contributed by atoms with E-state index in [0.29, 0.717) is 13.1 Å². The van der Waals surface area contributed by atoms with Crippen LogP contribution in [0, 0.1) is 0 Å². The highest BCUT2D eigenvalue weighted by atomic mass is 32.2. The van der Waals surface area contributed by atoms with Crippen LogP contribution in [0.5, 0.6) is 0 Å². The first kappa shape index (κ1) is 15.1. The second-order valence-corrected chi connectivity index (χ2v) is 7.68. The number of benzene rings is 1. The monoisotopic (exact) mass is 321 g/mol. The quantitative estimate of drug-likeness (QED) is 0.842. The van der Waals surface area contributed by atoms with Gasteiger partial charge in [0, 0.05) is 32.7 Å². The Labute approximate surface area is 130 Å². The minimum atomic E-state index is -3.36. The predicted molar refractivity (Wildman–Crippen MR) is 83.3 cm³/mol. The molecule has 22 heavy (non-hydrogen) atoms. The number of aromatic nitrogens is 3. The van der Waals surface area contributed by atoms with Gasteiger partial charge in [0.25, 0.3) is 10.2 Å². The molecule has 2 heterocycles. The molecule has 0 N–H and O–H groups in total. The van der Waals surface area contributed by atoms with Gasteiger partial charge in [-0.15, -0.1) is 5.10 Å². The molecule has 1 fully saturated rings. The Balaban J connectivity index is 1.76. The van der Waals surface area contributed by atoms with E-state index in [1.165, 1.54) is 8.61 Å². The first-order chi connectivity index (χ1) is 10.5. The molecule has 0 spiro atoms. The highest BCUT2D eigenvalue weighted by molar-refractivity contribution is 7.86. The molecule has 7 nitrogen and oxygen atoms in total. The van der Waals surface area contributed by atoms with Crippen molar-refractivity contribution < 1.29 is 8.42 Å². The summed E-state index contributed by atoms with van der Waals surface area (Å²) in [5, 5.41) is 8.36. The highest BCUT2D eigenvalue weighted by Gasteiger charge is 2.34. The molecular formula is C14H19N5O2S. The maximum Gasteiger partial charge on any atom is 0.281 e. The van der Waals surface area contributed by atoms with Gasteiger partial charge >= 0.3 is 0 Å². The van der Waals surface area contributed by atoms with E-state index < -0.39 is 10.2 Å². The summed E-state index contributed by atoms with van der Waals surface area (Å²) in [7, 11) is -0.263. The molecular weight excluding hydrogens is 302 g/mol. The second-order valence-electron chi connectivity index (χ2n) is 5.54. The Bertz CT molecular complexity index is 742. The van der Waals surface area contributed by atoms with Gasteiger partial charge in [-0.05, 0) is 6.42 Å². The maximum atomic E-state index is 12.1. The third-order valence-corrected chi connectivity index (χ3v) is 5.77. The van der Waals surface area contributed by atoms with Crippen LogP contribution in [0.4, 0.5) is 0 Å². The molecule has 1 aliphatic heterocycles. The van der Waals surface area contributed by atoms with Crippen molar-refractivity contribution in [3.05, 3.63) is 36.5 Å². The van der Waals surface area contributed by atoms with Gasteiger partial charge < -0.3 is 0 Å². The molecule has 1 aromatic heterocycles. The number of rotatable bonds is 4. The Kier molecular flexibility index (Phi) is 3.98. The molecule has 0 bridgehead atoms. The fraction of sp³-hybridized carbons (Fsp3) is 0.429. The molecule has 8 heteroatoms. The zero-order valence-corrected chi connectivity index (χ0v) is 13.4. The average molecular weight is 321 g/mol. The third-order valence-electron chi connectivity index (χ3n) is 3.87. The minimum absolute atomic E-state index is 0.0275. The highest BCUT2D eigenvalue weighted by Crippen LogP contribution is 2.25. The Morgan fingerprint density at radius 3 is 2.64 bits per heavy atom. The molecule has 118 valence electrons. The van der Waals surface area contributed by atoms with Crippen molar-refractivity contribution in [2.45, 2.75) is 12.5 Å². The van der Waals surface area contributed by atoms with Crippen LogP contribution in [0.3, 0.4) is 0 Å². The van der Waals surface area contributed by atoms with E-state index in [4.69, 9.17) is 0 Å². The summed E-state index contributed by atoms with van der Waals surface area (Å²) in [6.07, 6.45) is 2.62. The van der Waals surface area contributed by atoms with E-state index in [1.54, 1.807) is 18.8 Å². The van der Waals surface area contributed by atoms with E-state index in [-0.39, 0.29) is 6.04 Å². The molecule has 3 rings (SSSR count). The van der Waals surface area contributed by atoms with Crippen molar-refractivity contribution in [1.29, 1.82) is 0 Å². The molecule has 0 amide bonds. The van der Waals surface area contributed by atoms with Crippen LogP contribution in [0.2, 0.25) is 0 Å². The van der Waals surface area contributed by atoms with E-state index in [2.05, 4.69) is 10.3 Å². The summed E-state index contributed by atoms with van der Waals surface area (Å²) in [5.74, 6) is 0. The van der Waals surface area contributed by atoms with E-state index in [1.807, 2.05) is 36.5 Å². The molecule has 0 radical (unpaired) electrons. The van der Waals surface area contributed by atoms with Crippen molar-refractivity contribution in [2.24, 2.45) is 0 Å². The van der Waals surface area contributed by atoms with Gasteiger partial charge in [0.15, 0.2) is 0 Å². The lowest BCUT2D eigenvalue weighted by molar-refractivity contribution is 0.398. The van der Waals surface area contributed by atoms with Gasteiger partial charge in [-0.1, -0.05) is 35.5 Å². The standard InChI is InChI=1S/C14H19N5O2S/c1-17(2)22(20,21)18-9-8-13(10-18)19-11-14(15-16-19)12-6-4-3-5-7-12/h3-7,11,13H,8-10H2,1-2H3/t13-/m0/s1. The van der Waals surface area contributed by atoms with Crippen LogP contribution < -0.4 is 0 Å². The van der Waals surface area contributed by atoms with Gasteiger partial charge in [0.05, 0.1) is 12.2 Å². The molecule has 0 aliphatic carbocycles. The van der Waals surface area contributed by atoms with Crippen LogP contribution in [-0.4, -0.2) is 59.2 Å². The number of nitrogens with zero attached hydrogens (tertiary/aromatic N) is 5. The predicted octanol–water partition coefficient (Wildman–Crippen LogP) is 0.998. The normalized spacial score (nSPS) is 19.9. The van der Waals surface area contributed by atoms with Gasteiger partial charge in [-0.2, -0.15) is 17.0 Å². The summed E-state index contributed by atoms with van der Waals surface area (Å²) in [4.78, 5) is 0. The van der Waals surface area contributed by atoms with Crippen molar-refractivity contribution in [1.82, 2.24) is 23.6 Å². The Morgan fingerprint density at radius 1 is 1.23 bits per heavy atom. The fourth-order valence-corrected chi connectivity index (χ4v) is 3.72. The first-order valence-electron chi connectivity index (χ1n) is 7.13. The Morgan fingerprint density at radius 2 is 1.95 bits per heavy atom. The summed E-state index contributed by atoms with van der Waals surface area (Å²) in [5.41, 5.74) is 1.80. The van der Waals surface area contributed by atoms with E-state index in [9.17, 15) is 8.42 Å². The second kappa shape index (κ2) is 5.79. The van der Waals surface area contributed by atoms with Gasteiger partial charge in [0.1, 0.15) is 5.69 Å². The fourth-order valence-electron chi connectivity index (χ4n) is 2.56. The molecule has 1 aliphatic rings. The number of hydrogen-bond acceptors (Lipinski definition) is 4. The van der Waals surface area contributed by atoms with Gasteiger partial charge in [0.2, 0.25) is 0 Å². The van der Waals surface area contributed by atoms with Gasteiger partial charge in [-0.3, -0.25) is 0 Å². The summed E-state index contributed by atoms with van der Waals surface area (Å²) in [6.45, 7) is 0.934. The minimum Gasteiger partial charge on any atom is -0.247 e. The zero-order valence-electron chi connectivity index (χ0n) is 12.6. The molecule has 1 aromatic carbocycles. The lowest BCUT2D eigenvalue weighted by Gasteiger charge is -2.20. The van der Waals surface area contributed by atoms with Crippen molar-refractivity contribution in [2.75, 3.05) is 27.2 Å². The van der Waals surface area contributed by atoms with Crippen LogP contribution in [0.1, 0.15) is 12.5 Å². The van der Waals surface area contributed by atoms with Crippen LogP contribution in [0.15, 0.2) is 36.5 Å². The molecule has 2 aromatic rings. The third kappa shape index (κ3) is 2.77. The number of hydrogen-bond donors (Lipinski definition) is 0. The summed E-state index contributed by atoms with van der Waals surface area (Å²) >= 11 is 0. The van der Waals surface area contributed by atoms with Crippen molar-refractivity contribution >= 4 is 10.2 Å².